The number of esters is 1. The monoisotopic (exact) mass is 514 g/mol. The van der Waals surface area contributed by atoms with Crippen molar-refractivity contribution in [2.45, 2.75) is 121 Å². The number of epoxide rings is 2. The zero-order valence-corrected chi connectivity index (χ0v) is 23.0. The van der Waals surface area contributed by atoms with Gasteiger partial charge in [-0.15, -0.1) is 0 Å². The van der Waals surface area contributed by atoms with Crippen LogP contribution in [0.1, 0.15) is 80.1 Å². The number of carbonyl (C=O) groups excluding carboxylic acids is 2. The number of carbonyl (C=O) groups is 2. The molecule has 0 bridgehead atoms. The van der Waals surface area contributed by atoms with Crippen LogP contribution >= 0.6 is 0 Å². The van der Waals surface area contributed by atoms with E-state index in [1.54, 1.807) is 6.08 Å². The fraction of sp³-hybridized carbons (Fsp3) is 0.867. The van der Waals surface area contributed by atoms with Crippen molar-refractivity contribution < 1.29 is 33.6 Å². The van der Waals surface area contributed by atoms with Crippen molar-refractivity contribution in [3.8, 4) is 0 Å². The number of hydrogen-bond acceptors (Lipinski definition) is 7. The molecule has 204 valence electrons. The second kappa shape index (κ2) is 7.26. The van der Waals surface area contributed by atoms with E-state index in [2.05, 4.69) is 27.7 Å². The van der Waals surface area contributed by atoms with E-state index in [1.807, 2.05) is 13.0 Å². The lowest BCUT2D eigenvalue weighted by molar-refractivity contribution is -0.208. The van der Waals surface area contributed by atoms with Gasteiger partial charge in [0.2, 0.25) is 0 Å². The quantitative estimate of drug-likeness (QED) is 0.450. The lowest BCUT2D eigenvalue weighted by atomic mass is 9.44. The zero-order chi connectivity index (χ0) is 26.3. The van der Waals surface area contributed by atoms with Gasteiger partial charge in [-0.2, -0.15) is 0 Å². The summed E-state index contributed by atoms with van der Waals surface area (Å²) in [7, 11) is 0. The molecule has 6 fully saturated rings. The third-order valence-corrected chi connectivity index (χ3v) is 12.9. The van der Waals surface area contributed by atoms with E-state index in [9.17, 15) is 14.7 Å². The SMILES string of the molecule is CC(=O)O[C@@H]1C[C@H]2[C@@H]3C[C@@H]4O[C@@]45CC=CC(=O)[C@]5(C)[C@H]3CC[C@]2(C)[C@H]1[C@H](C)[C@H]1C[C@]2(C)O[C@]2(C)[C@H](O)O1. The fourth-order valence-electron chi connectivity index (χ4n) is 10.7. The van der Waals surface area contributed by atoms with E-state index in [1.165, 1.54) is 6.92 Å². The van der Waals surface area contributed by atoms with Gasteiger partial charge in [-0.3, -0.25) is 9.59 Å². The van der Waals surface area contributed by atoms with Gasteiger partial charge < -0.3 is 24.1 Å². The molecule has 7 nitrogen and oxygen atoms in total. The maximum absolute atomic E-state index is 13.4. The summed E-state index contributed by atoms with van der Waals surface area (Å²) < 4.78 is 24.7. The minimum absolute atomic E-state index is 0.0557. The number of allylic oxidation sites excluding steroid dienone is 1. The van der Waals surface area contributed by atoms with Crippen LogP contribution in [-0.2, 0) is 28.5 Å². The van der Waals surface area contributed by atoms with Gasteiger partial charge in [0.15, 0.2) is 12.1 Å². The summed E-state index contributed by atoms with van der Waals surface area (Å²) in [5.41, 5.74) is -1.88. The number of rotatable bonds is 3. The predicted octanol–water partition coefficient (Wildman–Crippen LogP) is 3.95. The second-order valence-corrected chi connectivity index (χ2v) is 14.3. The lowest BCUT2D eigenvalue weighted by Crippen LogP contribution is -2.60. The Labute approximate surface area is 219 Å². The summed E-state index contributed by atoms with van der Waals surface area (Å²) in [4.78, 5) is 25.7. The van der Waals surface area contributed by atoms with Crippen LogP contribution in [0.25, 0.3) is 0 Å². The number of ketones is 1. The van der Waals surface area contributed by atoms with Gasteiger partial charge in [-0.1, -0.05) is 19.9 Å². The molecule has 7 rings (SSSR count). The van der Waals surface area contributed by atoms with Crippen molar-refractivity contribution in [3.05, 3.63) is 12.2 Å². The molecule has 7 heteroatoms. The molecule has 0 aromatic rings. The molecule has 3 saturated carbocycles. The van der Waals surface area contributed by atoms with Crippen molar-refractivity contribution in [3.63, 3.8) is 0 Å². The van der Waals surface area contributed by atoms with Crippen molar-refractivity contribution in [2.24, 2.45) is 40.4 Å². The first-order chi connectivity index (χ1) is 17.3. The molecule has 3 heterocycles. The van der Waals surface area contributed by atoms with Gasteiger partial charge in [-0.05, 0) is 88.0 Å². The highest BCUT2D eigenvalue weighted by Crippen LogP contribution is 2.73. The first kappa shape index (κ1) is 24.7. The number of fused-ring (bicyclic) bond motifs is 5. The Morgan fingerprint density at radius 3 is 2.65 bits per heavy atom. The van der Waals surface area contributed by atoms with Crippen LogP contribution in [0, 0.1) is 40.4 Å². The van der Waals surface area contributed by atoms with Crippen molar-refractivity contribution in [1.82, 2.24) is 0 Å². The summed E-state index contributed by atoms with van der Waals surface area (Å²) in [6.45, 7) is 12.2. The summed E-state index contributed by atoms with van der Waals surface area (Å²) in [5, 5.41) is 10.8. The van der Waals surface area contributed by atoms with Crippen LogP contribution < -0.4 is 0 Å². The normalized spacial score (nSPS) is 59.8. The molecule has 0 aromatic heterocycles. The van der Waals surface area contributed by atoms with Crippen molar-refractivity contribution in [2.75, 3.05) is 0 Å². The average molecular weight is 515 g/mol. The standard InChI is InChI=1S/C30H42O7/c1-15(21-14-27(4)29(6,37-27)25(33)35-21)24-20(34-16(2)31)13-19-17-12-23-30(36-23)10-7-8-22(32)28(30,5)18(17)9-11-26(19,24)3/h7-8,15,17-21,23-25,33H,9-14H2,1-6H3/t15-,17-,18+,19+,20-,21-,23+,24+,25-,26+,27+,28+,29-,30+/m1/s1. The number of ether oxygens (including phenoxy) is 4. The number of aliphatic hydroxyl groups is 1. The molecule has 3 aliphatic heterocycles. The van der Waals surface area contributed by atoms with Gasteiger partial charge in [0.05, 0.1) is 17.6 Å². The van der Waals surface area contributed by atoms with Crippen molar-refractivity contribution in [1.29, 1.82) is 0 Å². The molecule has 7 aliphatic rings. The average Bonchev–Trinajstić information content (AvgIpc) is 3.63. The molecule has 1 N–H and O–H groups in total. The minimum atomic E-state index is -0.963. The summed E-state index contributed by atoms with van der Waals surface area (Å²) in [5.74, 6) is 1.14. The van der Waals surface area contributed by atoms with Crippen molar-refractivity contribution >= 4 is 11.8 Å². The van der Waals surface area contributed by atoms with Gasteiger partial charge in [0.1, 0.15) is 22.9 Å². The van der Waals surface area contributed by atoms with E-state index >= 15 is 0 Å². The van der Waals surface area contributed by atoms with Gasteiger partial charge in [0.25, 0.3) is 0 Å². The molecule has 3 saturated heterocycles. The first-order valence-electron chi connectivity index (χ1n) is 14.4. The summed E-state index contributed by atoms with van der Waals surface area (Å²) in [6.07, 6.45) is 7.91. The molecule has 37 heavy (non-hydrogen) atoms. The highest BCUT2D eigenvalue weighted by molar-refractivity contribution is 5.97. The minimum Gasteiger partial charge on any atom is -0.462 e. The fourth-order valence-corrected chi connectivity index (χ4v) is 10.7. The van der Waals surface area contributed by atoms with E-state index in [0.717, 1.165) is 38.5 Å². The Balaban J connectivity index is 1.22. The maximum Gasteiger partial charge on any atom is 0.302 e. The molecule has 0 radical (unpaired) electrons. The van der Waals surface area contributed by atoms with Crippen LogP contribution in [-0.4, -0.2) is 58.3 Å². The van der Waals surface area contributed by atoms with Crippen LogP contribution in [0.4, 0.5) is 0 Å². The Kier molecular flexibility index (Phi) is 4.86. The molecule has 0 unspecified atom stereocenters. The Hall–Kier alpha value is -1.28. The molecule has 0 aromatic carbocycles. The van der Waals surface area contributed by atoms with Crippen LogP contribution in [0.15, 0.2) is 12.2 Å². The smallest absolute Gasteiger partial charge is 0.302 e. The Bertz CT molecular complexity index is 1090. The van der Waals surface area contributed by atoms with Gasteiger partial charge in [0, 0.05) is 19.3 Å². The largest absolute Gasteiger partial charge is 0.462 e. The maximum atomic E-state index is 13.4. The number of aliphatic hydroxyl groups excluding tert-OH is 1. The molecule has 4 aliphatic carbocycles. The summed E-state index contributed by atoms with van der Waals surface area (Å²) in [6, 6.07) is 0. The van der Waals surface area contributed by atoms with Gasteiger partial charge in [-0.25, -0.2) is 0 Å². The Morgan fingerprint density at radius 2 is 1.95 bits per heavy atom. The van der Waals surface area contributed by atoms with Crippen LogP contribution in [0.2, 0.25) is 0 Å². The highest BCUT2D eigenvalue weighted by Gasteiger charge is 2.78. The number of hydrogen-bond donors (Lipinski definition) is 1. The molecule has 14 atom stereocenters. The van der Waals surface area contributed by atoms with Crippen LogP contribution in [0.3, 0.4) is 0 Å². The van der Waals surface area contributed by atoms with E-state index < -0.39 is 22.9 Å². The van der Waals surface area contributed by atoms with E-state index in [4.69, 9.17) is 18.9 Å². The molecular formula is C30H42O7. The third-order valence-electron chi connectivity index (χ3n) is 12.9. The van der Waals surface area contributed by atoms with Crippen LogP contribution in [0.5, 0.6) is 0 Å². The zero-order valence-electron chi connectivity index (χ0n) is 23.0. The Morgan fingerprint density at radius 1 is 1.19 bits per heavy atom. The van der Waals surface area contributed by atoms with E-state index in [-0.39, 0.29) is 58.8 Å². The van der Waals surface area contributed by atoms with Gasteiger partial charge >= 0.3 is 5.97 Å². The van der Waals surface area contributed by atoms with E-state index in [0.29, 0.717) is 11.8 Å². The highest BCUT2D eigenvalue weighted by atomic mass is 16.7. The lowest BCUT2D eigenvalue weighted by Gasteiger charge is -2.57. The molecular weight excluding hydrogens is 472 g/mol. The molecule has 1 spiro atoms. The first-order valence-corrected chi connectivity index (χ1v) is 14.4. The topological polar surface area (TPSA) is 97.9 Å². The molecule has 0 amide bonds. The summed E-state index contributed by atoms with van der Waals surface area (Å²) >= 11 is 0. The predicted molar refractivity (Wildman–Crippen MR) is 133 cm³/mol. The second-order valence-electron chi connectivity index (χ2n) is 14.3. The third kappa shape index (κ3) is 2.87.